The summed E-state index contributed by atoms with van der Waals surface area (Å²) in [5.41, 5.74) is 2.83. The number of sulfonamides is 1. The largest absolute Gasteiger partial charge is 0.476 e. The Bertz CT molecular complexity index is 1080. The number of nitrogens with zero attached hydrogens (tertiary/aromatic N) is 2. The average Bonchev–Trinajstić information content (AvgIpc) is 3.26. The molecule has 1 fully saturated rings. The van der Waals surface area contributed by atoms with Crippen LogP contribution in [0, 0.1) is 0 Å². The van der Waals surface area contributed by atoms with Crippen molar-refractivity contribution in [3.8, 4) is 5.75 Å². The number of hydrogen-bond acceptors (Lipinski definition) is 4. The van der Waals surface area contributed by atoms with Crippen LogP contribution in [0.5, 0.6) is 5.75 Å². The monoisotopic (exact) mass is 426 g/mol. The number of para-hydroxylation sites is 2. The molecule has 6 nitrogen and oxygen atoms in total. The second-order valence-corrected chi connectivity index (χ2v) is 10.1. The molecule has 0 spiro atoms. The van der Waals surface area contributed by atoms with Gasteiger partial charge in [-0.3, -0.25) is 9.10 Å². The van der Waals surface area contributed by atoms with Crippen LogP contribution in [0.4, 0.5) is 5.69 Å². The number of amides is 1. The van der Waals surface area contributed by atoms with Gasteiger partial charge in [0.15, 0.2) is 6.10 Å². The molecule has 3 aliphatic rings. The van der Waals surface area contributed by atoms with Crippen molar-refractivity contribution in [2.24, 2.45) is 0 Å². The molecule has 2 aromatic rings. The highest BCUT2D eigenvalue weighted by atomic mass is 32.2. The molecule has 5 rings (SSSR count). The van der Waals surface area contributed by atoms with Gasteiger partial charge in [0.2, 0.25) is 0 Å². The first kappa shape index (κ1) is 19.4. The summed E-state index contributed by atoms with van der Waals surface area (Å²) in [6, 6.07) is 12.5. The molecule has 2 aromatic carbocycles. The van der Waals surface area contributed by atoms with Crippen molar-refractivity contribution in [2.75, 3.05) is 23.9 Å². The highest BCUT2D eigenvalue weighted by Gasteiger charge is 2.39. The van der Waals surface area contributed by atoms with Crippen LogP contribution in [-0.2, 0) is 27.7 Å². The number of carbonyl (C=O) groups is 1. The first-order valence-corrected chi connectivity index (χ1v) is 12.2. The summed E-state index contributed by atoms with van der Waals surface area (Å²) in [7, 11) is -3.81. The molecule has 1 atom stereocenters. The molecule has 1 amide bonds. The first-order chi connectivity index (χ1) is 14.5. The third kappa shape index (κ3) is 3.35. The average molecular weight is 427 g/mol. The van der Waals surface area contributed by atoms with Gasteiger partial charge in [-0.25, -0.2) is 8.42 Å². The second-order valence-electron chi connectivity index (χ2n) is 8.28. The number of hydrogen-bond donors (Lipinski definition) is 0. The third-order valence-electron chi connectivity index (χ3n) is 6.34. The highest BCUT2D eigenvalue weighted by molar-refractivity contribution is 7.92. The lowest BCUT2D eigenvalue weighted by Crippen LogP contribution is -2.52. The summed E-state index contributed by atoms with van der Waals surface area (Å²) < 4.78 is 34.6. The van der Waals surface area contributed by atoms with Crippen molar-refractivity contribution < 1.29 is 17.9 Å². The van der Waals surface area contributed by atoms with Gasteiger partial charge in [-0.1, -0.05) is 18.2 Å². The van der Waals surface area contributed by atoms with Gasteiger partial charge >= 0.3 is 0 Å². The number of benzene rings is 2. The minimum Gasteiger partial charge on any atom is -0.476 e. The predicted octanol–water partition coefficient (Wildman–Crippen LogP) is 3.14. The molecule has 30 heavy (non-hydrogen) atoms. The molecule has 7 heteroatoms. The van der Waals surface area contributed by atoms with Crippen LogP contribution in [0.3, 0.4) is 0 Å². The number of piperidine rings is 1. The van der Waals surface area contributed by atoms with Gasteiger partial charge in [-0.15, -0.1) is 0 Å². The van der Waals surface area contributed by atoms with Gasteiger partial charge in [-0.2, -0.15) is 0 Å². The Hall–Kier alpha value is -2.54. The Kier molecular flexibility index (Phi) is 4.93. The van der Waals surface area contributed by atoms with Crippen molar-refractivity contribution >= 4 is 21.6 Å². The van der Waals surface area contributed by atoms with E-state index in [2.05, 4.69) is 0 Å². The van der Waals surface area contributed by atoms with E-state index >= 15 is 0 Å². The van der Waals surface area contributed by atoms with Crippen molar-refractivity contribution in [1.82, 2.24) is 4.90 Å². The van der Waals surface area contributed by atoms with E-state index in [0.717, 1.165) is 44.1 Å². The summed E-state index contributed by atoms with van der Waals surface area (Å²) in [4.78, 5) is 15.2. The molecule has 0 N–H and O–H groups in total. The Morgan fingerprint density at radius 1 is 0.933 bits per heavy atom. The maximum absolute atomic E-state index is 13.6. The van der Waals surface area contributed by atoms with Gasteiger partial charge in [0.1, 0.15) is 5.75 Å². The van der Waals surface area contributed by atoms with Gasteiger partial charge in [0.05, 0.1) is 17.1 Å². The maximum Gasteiger partial charge on any atom is 0.265 e. The molecule has 2 aliphatic heterocycles. The molecule has 1 aliphatic carbocycles. The van der Waals surface area contributed by atoms with Gasteiger partial charge < -0.3 is 9.64 Å². The van der Waals surface area contributed by atoms with E-state index in [1.807, 2.05) is 11.0 Å². The Morgan fingerprint density at radius 2 is 1.70 bits per heavy atom. The zero-order valence-electron chi connectivity index (χ0n) is 16.9. The van der Waals surface area contributed by atoms with E-state index in [-0.39, 0.29) is 17.3 Å². The van der Waals surface area contributed by atoms with Gasteiger partial charge in [0, 0.05) is 13.1 Å². The summed E-state index contributed by atoms with van der Waals surface area (Å²) in [5, 5.41) is 0. The number of aryl methyl sites for hydroxylation is 2. The van der Waals surface area contributed by atoms with Crippen LogP contribution >= 0.6 is 0 Å². The van der Waals surface area contributed by atoms with E-state index in [9.17, 15) is 13.2 Å². The molecule has 2 heterocycles. The number of rotatable bonds is 3. The summed E-state index contributed by atoms with van der Waals surface area (Å²) in [6.07, 6.45) is 5.22. The van der Waals surface area contributed by atoms with Crippen LogP contribution in [0.15, 0.2) is 47.4 Å². The summed E-state index contributed by atoms with van der Waals surface area (Å²) in [6.45, 7) is 1.40. The van der Waals surface area contributed by atoms with Crippen LogP contribution in [0.2, 0.25) is 0 Å². The number of likely N-dealkylation sites (tertiary alicyclic amines) is 1. The number of ether oxygens (including phenoxy) is 1. The lowest BCUT2D eigenvalue weighted by Gasteiger charge is -2.37. The first-order valence-electron chi connectivity index (χ1n) is 10.7. The molecule has 1 saturated heterocycles. The molecule has 0 saturated carbocycles. The van der Waals surface area contributed by atoms with Crippen molar-refractivity contribution in [1.29, 1.82) is 0 Å². The Labute approximate surface area is 177 Å². The van der Waals surface area contributed by atoms with E-state index in [0.29, 0.717) is 24.5 Å². The second kappa shape index (κ2) is 7.61. The lowest BCUT2D eigenvalue weighted by molar-refractivity contribution is -0.139. The Balaban J connectivity index is 1.50. The van der Waals surface area contributed by atoms with E-state index < -0.39 is 16.1 Å². The SMILES string of the molecule is O=C([C@H]1CN(S(=O)(=O)c2ccc3c(c2)CCC3)c2ccccc2O1)N1CCCCC1. The van der Waals surface area contributed by atoms with Crippen molar-refractivity contribution in [3.63, 3.8) is 0 Å². The van der Waals surface area contributed by atoms with Crippen LogP contribution in [0.25, 0.3) is 0 Å². The standard InChI is InChI=1S/C23H26N2O4S/c26-23(24-13-4-1-5-14-24)22-16-25(20-9-2-3-10-21(20)29-22)30(27,28)19-12-11-17-7-6-8-18(17)15-19/h2-3,9-12,15,22H,1,4-8,13-14,16H2/t22-/m1/s1. The quantitative estimate of drug-likeness (QED) is 0.756. The maximum atomic E-state index is 13.6. The van der Waals surface area contributed by atoms with Crippen molar-refractivity contribution in [3.05, 3.63) is 53.6 Å². The topological polar surface area (TPSA) is 66.9 Å². The number of fused-ring (bicyclic) bond motifs is 2. The minimum absolute atomic E-state index is 0.00817. The fourth-order valence-electron chi connectivity index (χ4n) is 4.71. The minimum atomic E-state index is -3.81. The normalized spacial score (nSPS) is 21.0. The molecule has 158 valence electrons. The summed E-state index contributed by atoms with van der Waals surface area (Å²) >= 11 is 0. The fraction of sp³-hybridized carbons (Fsp3) is 0.435. The smallest absolute Gasteiger partial charge is 0.265 e. The van der Waals surface area contributed by atoms with E-state index in [4.69, 9.17) is 4.74 Å². The highest BCUT2D eigenvalue weighted by Crippen LogP contribution is 2.38. The van der Waals surface area contributed by atoms with Crippen LogP contribution in [0.1, 0.15) is 36.8 Å². The number of anilines is 1. The van der Waals surface area contributed by atoms with E-state index in [1.54, 1.807) is 36.4 Å². The number of carbonyl (C=O) groups excluding carboxylic acids is 1. The molecule has 0 bridgehead atoms. The molecule has 0 radical (unpaired) electrons. The third-order valence-corrected chi connectivity index (χ3v) is 8.11. The van der Waals surface area contributed by atoms with Crippen molar-refractivity contribution in [2.45, 2.75) is 49.5 Å². The zero-order chi connectivity index (χ0) is 20.7. The molecule has 0 aromatic heterocycles. The lowest BCUT2D eigenvalue weighted by atomic mass is 10.1. The molecular formula is C23H26N2O4S. The molecule has 0 unspecified atom stereocenters. The van der Waals surface area contributed by atoms with Crippen LogP contribution < -0.4 is 9.04 Å². The molecular weight excluding hydrogens is 400 g/mol. The van der Waals surface area contributed by atoms with Gasteiger partial charge in [-0.05, 0) is 73.9 Å². The predicted molar refractivity (Wildman–Crippen MR) is 114 cm³/mol. The summed E-state index contributed by atoms with van der Waals surface area (Å²) in [5.74, 6) is 0.308. The van der Waals surface area contributed by atoms with Gasteiger partial charge in [0.25, 0.3) is 15.9 Å². The zero-order valence-corrected chi connectivity index (χ0v) is 17.7. The van der Waals surface area contributed by atoms with Crippen LogP contribution in [-0.4, -0.2) is 45.0 Å². The van der Waals surface area contributed by atoms with E-state index in [1.165, 1.54) is 9.87 Å². The Morgan fingerprint density at radius 3 is 2.53 bits per heavy atom. The fourth-order valence-corrected chi connectivity index (χ4v) is 6.24.